The summed E-state index contributed by atoms with van der Waals surface area (Å²) in [6, 6.07) is 12.0. The van der Waals surface area contributed by atoms with Crippen LogP contribution in [-0.2, 0) is 6.42 Å². The van der Waals surface area contributed by atoms with Gasteiger partial charge in [0.05, 0.1) is 7.11 Å². The number of nitrogens with one attached hydrogen (secondary N) is 1. The van der Waals surface area contributed by atoms with Gasteiger partial charge in [-0.25, -0.2) is 0 Å². The van der Waals surface area contributed by atoms with Crippen LogP contribution in [-0.4, -0.2) is 18.6 Å². The van der Waals surface area contributed by atoms with Crippen molar-refractivity contribution in [1.82, 2.24) is 4.98 Å². The van der Waals surface area contributed by atoms with E-state index in [1.54, 1.807) is 7.11 Å². The van der Waals surface area contributed by atoms with Crippen molar-refractivity contribution >= 4 is 23.9 Å². The van der Waals surface area contributed by atoms with E-state index >= 15 is 0 Å². The van der Waals surface area contributed by atoms with E-state index in [4.69, 9.17) is 10.5 Å². The SMILES string of the molecule is COc1ccc(C)c(Nc2ccc(CCN)cc2)n1.Cl. The second kappa shape index (κ2) is 7.72. The Morgan fingerprint density at radius 3 is 2.45 bits per heavy atom. The Hall–Kier alpha value is -1.78. The molecule has 4 nitrogen and oxygen atoms in total. The van der Waals surface area contributed by atoms with Gasteiger partial charge < -0.3 is 15.8 Å². The van der Waals surface area contributed by atoms with Crippen LogP contribution in [0.4, 0.5) is 11.5 Å². The van der Waals surface area contributed by atoms with Crippen LogP contribution in [0.5, 0.6) is 5.88 Å². The molecule has 3 N–H and O–H groups in total. The maximum atomic E-state index is 5.53. The normalized spacial score (nSPS) is 9.75. The number of ether oxygens (including phenoxy) is 1. The first-order chi connectivity index (χ1) is 9.22. The molecule has 0 aliphatic rings. The monoisotopic (exact) mass is 293 g/mol. The highest BCUT2D eigenvalue weighted by atomic mass is 35.5. The first-order valence-electron chi connectivity index (χ1n) is 6.30. The number of hydrogen-bond acceptors (Lipinski definition) is 4. The summed E-state index contributed by atoms with van der Waals surface area (Å²) in [5.74, 6) is 1.42. The summed E-state index contributed by atoms with van der Waals surface area (Å²) in [6.07, 6.45) is 0.900. The predicted octanol–water partition coefficient (Wildman–Crippen LogP) is 3.07. The lowest BCUT2D eigenvalue weighted by Gasteiger charge is -2.10. The third-order valence-corrected chi connectivity index (χ3v) is 2.93. The van der Waals surface area contributed by atoms with Crippen LogP contribution >= 0.6 is 12.4 Å². The van der Waals surface area contributed by atoms with Gasteiger partial charge in [-0.1, -0.05) is 18.2 Å². The van der Waals surface area contributed by atoms with Crippen LogP contribution in [0, 0.1) is 6.92 Å². The zero-order valence-corrected chi connectivity index (χ0v) is 12.5. The summed E-state index contributed by atoms with van der Waals surface area (Å²) in [5.41, 5.74) is 8.85. The smallest absolute Gasteiger partial charge is 0.214 e. The average molecular weight is 294 g/mol. The summed E-state index contributed by atoms with van der Waals surface area (Å²) < 4.78 is 5.13. The number of aryl methyl sites for hydroxylation is 1. The van der Waals surface area contributed by atoms with Crippen LogP contribution in [0.3, 0.4) is 0 Å². The van der Waals surface area contributed by atoms with E-state index in [0.29, 0.717) is 12.4 Å². The molecule has 0 fully saturated rings. The Kier molecular flexibility index (Phi) is 6.28. The van der Waals surface area contributed by atoms with Gasteiger partial charge >= 0.3 is 0 Å². The van der Waals surface area contributed by atoms with Gasteiger partial charge in [0.25, 0.3) is 0 Å². The van der Waals surface area contributed by atoms with E-state index in [0.717, 1.165) is 23.5 Å². The Bertz CT molecular complexity index is 543. The Labute approximate surface area is 125 Å². The van der Waals surface area contributed by atoms with Crippen molar-refractivity contribution in [3.63, 3.8) is 0 Å². The molecule has 108 valence electrons. The van der Waals surface area contributed by atoms with Gasteiger partial charge in [-0.2, -0.15) is 4.98 Å². The van der Waals surface area contributed by atoms with Crippen LogP contribution < -0.4 is 15.8 Å². The fraction of sp³-hybridized carbons (Fsp3) is 0.267. The van der Waals surface area contributed by atoms with Gasteiger partial charge in [0.15, 0.2) is 0 Å². The first kappa shape index (κ1) is 16.3. The fourth-order valence-electron chi connectivity index (χ4n) is 1.81. The van der Waals surface area contributed by atoms with E-state index in [9.17, 15) is 0 Å². The van der Waals surface area contributed by atoms with Crippen molar-refractivity contribution in [2.45, 2.75) is 13.3 Å². The molecule has 0 saturated heterocycles. The van der Waals surface area contributed by atoms with Crippen molar-refractivity contribution in [1.29, 1.82) is 0 Å². The van der Waals surface area contributed by atoms with Crippen molar-refractivity contribution in [2.75, 3.05) is 19.0 Å². The summed E-state index contributed by atoms with van der Waals surface area (Å²) in [5, 5.41) is 3.29. The average Bonchev–Trinajstić information content (AvgIpc) is 2.44. The molecule has 1 aromatic heterocycles. The van der Waals surface area contributed by atoms with Gasteiger partial charge in [0.2, 0.25) is 5.88 Å². The van der Waals surface area contributed by atoms with Crippen LogP contribution in [0.1, 0.15) is 11.1 Å². The van der Waals surface area contributed by atoms with E-state index < -0.39 is 0 Å². The first-order valence-corrected chi connectivity index (χ1v) is 6.30. The lowest BCUT2D eigenvalue weighted by atomic mass is 10.1. The molecular weight excluding hydrogens is 274 g/mol. The molecule has 0 radical (unpaired) electrons. The summed E-state index contributed by atoms with van der Waals surface area (Å²) in [7, 11) is 1.61. The van der Waals surface area contributed by atoms with Crippen LogP contribution in [0.2, 0.25) is 0 Å². The lowest BCUT2D eigenvalue weighted by molar-refractivity contribution is 0.398. The molecule has 0 saturated carbocycles. The van der Waals surface area contributed by atoms with E-state index in [2.05, 4.69) is 22.4 Å². The topological polar surface area (TPSA) is 60.2 Å². The van der Waals surface area contributed by atoms with E-state index in [1.165, 1.54) is 5.56 Å². The molecule has 0 aliphatic carbocycles. The molecule has 0 spiro atoms. The zero-order chi connectivity index (χ0) is 13.7. The second-order valence-electron chi connectivity index (χ2n) is 4.38. The molecule has 1 aromatic carbocycles. The molecule has 0 aliphatic heterocycles. The maximum Gasteiger partial charge on any atom is 0.214 e. The number of aromatic nitrogens is 1. The van der Waals surface area contributed by atoms with Crippen molar-refractivity contribution in [3.8, 4) is 5.88 Å². The largest absolute Gasteiger partial charge is 0.481 e. The highest BCUT2D eigenvalue weighted by Crippen LogP contribution is 2.21. The van der Waals surface area contributed by atoms with Crippen molar-refractivity contribution < 1.29 is 4.74 Å². The third-order valence-electron chi connectivity index (χ3n) is 2.93. The van der Waals surface area contributed by atoms with Gasteiger partial charge in [0.1, 0.15) is 5.82 Å². The van der Waals surface area contributed by atoms with Crippen LogP contribution in [0.25, 0.3) is 0 Å². The minimum absolute atomic E-state index is 0. The van der Waals surface area contributed by atoms with Gasteiger partial charge in [-0.05, 0) is 43.1 Å². The second-order valence-corrected chi connectivity index (χ2v) is 4.38. The molecule has 2 aromatic rings. The molecule has 0 amide bonds. The van der Waals surface area contributed by atoms with Gasteiger partial charge in [-0.3, -0.25) is 0 Å². The lowest BCUT2D eigenvalue weighted by Crippen LogP contribution is -2.03. The Morgan fingerprint density at radius 1 is 1.15 bits per heavy atom. The number of halogens is 1. The molecular formula is C15H20ClN3O. The number of benzene rings is 1. The number of rotatable bonds is 5. The van der Waals surface area contributed by atoms with Crippen molar-refractivity contribution in [3.05, 3.63) is 47.5 Å². The Balaban J connectivity index is 0.00000200. The zero-order valence-electron chi connectivity index (χ0n) is 11.7. The maximum absolute atomic E-state index is 5.53. The van der Waals surface area contributed by atoms with Gasteiger partial charge in [0, 0.05) is 11.8 Å². The number of pyridine rings is 1. The predicted molar refractivity (Wildman–Crippen MR) is 85.3 cm³/mol. The standard InChI is InChI=1S/C15H19N3O.ClH/c1-11-3-8-14(19-2)18-15(11)17-13-6-4-12(5-7-13)9-10-16;/h3-8H,9-10,16H2,1-2H3,(H,17,18);1H. The number of nitrogens with two attached hydrogens (primary N) is 1. The third kappa shape index (κ3) is 4.11. The molecule has 5 heteroatoms. The molecule has 20 heavy (non-hydrogen) atoms. The van der Waals surface area contributed by atoms with Crippen LogP contribution in [0.15, 0.2) is 36.4 Å². The number of methoxy groups -OCH3 is 1. The highest BCUT2D eigenvalue weighted by molar-refractivity contribution is 5.85. The fourth-order valence-corrected chi connectivity index (χ4v) is 1.81. The Morgan fingerprint density at radius 2 is 1.85 bits per heavy atom. The number of nitrogens with zero attached hydrogens (tertiary/aromatic N) is 1. The quantitative estimate of drug-likeness (QED) is 0.889. The molecule has 0 unspecified atom stereocenters. The molecule has 0 atom stereocenters. The van der Waals surface area contributed by atoms with E-state index in [-0.39, 0.29) is 12.4 Å². The number of hydrogen-bond donors (Lipinski definition) is 2. The summed E-state index contributed by atoms with van der Waals surface area (Å²) in [4.78, 5) is 4.39. The summed E-state index contributed by atoms with van der Waals surface area (Å²) >= 11 is 0. The summed E-state index contributed by atoms with van der Waals surface area (Å²) in [6.45, 7) is 2.68. The minimum Gasteiger partial charge on any atom is -0.481 e. The molecule has 0 bridgehead atoms. The molecule has 1 heterocycles. The number of anilines is 2. The molecule has 2 rings (SSSR count). The van der Waals surface area contributed by atoms with Gasteiger partial charge in [-0.15, -0.1) is 12.4 Å². The highest BCUT2D eigenvalue weighted by Gasteiger charge is 2.03. The van der Waals surface area contributed by atoms with E-state index in [1.807, 2.05) is 31.2 Å². The minimum atomic E-state index is 0. The van der Waals surface area contributed by atoms with Crippen molar-refractivity contribution in [2.24, 2.45) is 5.73 Å².